The molecule has 6 aromatic carbocycles. The van der Waals surface area contributed by atoms with Crippen molar-refractivity contribution in [3.05, 3.63) is 238 Å². The van der Waals surface area contributed by atoms with Crippen LogP contribution in [-0.4, -0.2) is 109 Å². The van der Waals surface area contributed by atoms with Gasteiger partial charge in [-0.3, -0.25) is 0 Å². The molecule has 416 valence electrons. The second-order valence-corrected chi connectivity index (χ2v) is 37.5. The van der Waals surface area contributed by atoms with Gasteiger partial charge >= 0.3 is 492 Å². The van der Waals surface area contributed by atoms with Crippen molar-refractivity contribution in [3.8, 4) is 0 Å². The first-order valence-electron chi connectivity index (χ1n) is 26.1. The fourth-order valence-corrected chi connectivity index (χ4v) is 33.1. The molecule has 0 aliphatic carbocycles. The number of amides is 4. The Morgan fingerprint density at radius 2 is 0.728 bits per heavy atom. The van der Waals surface area contributed by atoms with Crippen molar-refractivity contribution in [2.75, 3.05) is 28.4 Å². The minimum absolute atomic E-state index is 0.0243. The van der Waals surface area contributed by atoms with Gasteiger partial charge < -0.3 is 0 Å². The SMILES string of the molecule is COC(OC)/C(C)=C(/C(=O)OC(c1ccccc1)c1ccccc1)N1C(=O)C(NC(=O)Cc2ccccc2)C1[S][Hg][S]C1C(NC(=O)Cc2ccccc2)C(=O)N1/C(C(=O)OC(c1ccccc1)c1ccccc1)=C(/C)C(OC)OC. The Morgan fingerprint density at radius 1 is 0.457 bits per heavy atom. The van der Waals surface area contributed by atoms with Gasteiger partial charge in [-0.1, -0.05) is 0 Å². The predicted molar refractivity (Wildman–Crippen MR) is 303 cm³/mol. The number of hydrogen-bond acceptors (Lipinski definition) is 14. The third kappa shape index (κ3) is 14.6. The number of nitrogens with zero attached hydrogens (tertiary/aromatic N) is 2. The van der Waals surface area contributed by atoms with E-state index < -0.39 is 105 Å². The van der Waals surface area contributed by atoms with E-state index in [1.54, 1.807) is 13.8 Å². The van der Waals surface area contributed by atoms with Crippen molar-refractivity contribution in [3.63, 3.8) is 0 Å². The summed E-state index contributed by atoms with van der Waals surface area (Å²) < 4.78 is 35.7. The van der Waals surface area contributed by atoms with Crippen LogP contribution in [-0.2, 0) is 91.6 Å². The number of hydrogen-bond donors (Lipinski definition) is 2. The summed E-state index contributed by atoms with van der Waals surface area (Å²) in [4.78, 5) is 90.4. The van der Waals surface area contributed by atoms with Gasteiger partial charge in [-0.25, -0.2) is 0 Å². The van der Waals surface area contributed by atoms with E-state index in [1.165, 1.54) is 54.7 Å². The fraction of sp³-hybridized carbons (Fsp3) is 0.258. The molecule has 19 heteroatoms. The van der Waals surface area contributed by atoms with Gasteiger partial charge in [0.2, 0.25) is 0 Å². The molecule has 4 unspecified atom stereocenters. The Morgan fingerprint density at radius 3 is 1.00 bits per heavy atom. The van der Waals surface area contributed by atoms with E-state index in [0.29, 0.717) is 22.3 Å². The summed E-state index contributed by atoms with van der Waals surface area (Å²) in [5.74, 6) is -3.70. The maximum absolute atomic E-state index is 15.1. The van der Waals surface area contributed by atoms with Crippen LogP contribution in [0.2, 0.25) is 0 Å². The van der Waals surface area contributed by atoms with Gasteiger partial charge in [-0.15, -0.1) is 0 Å². The number of nitrogens with one attached hydrogen (secondary N) is 2. The molecule has 0 aromatic heterocycles. The summed E-state index contributed by atoms with van der Waals surface area (Å²) >= 11 is -2.78. The molecular formula is C62H62HgN4O12S2. The van der Waals surface area contributed by atoms with Crippen LogP contribution < -0.4 is 10.6 Å². The zero-order valence-corrected chi connectivity index (χ0v) is 52.8. The third-order valence-electron chi connectivity index (χ3n) is 13.6. The third-order valence-corrected chi connectivity index (χ3v) is 33.9. The number of likely N-dealkylation sites (tertiary alicyclic amines) is 2. The molecule has 16 nitrogen and oxygen atoms in total. The van der Waals surface area contributed by atoms with Crippen LogP contribution >= 0.6 is 16.5 Å². The molecule has 2 fully saturated rings. The van der Waals surface area contributed by atoms with Crippen molar-refractivity contribution >= 4 is 52.1 Å². The molecule has 0 bridgehead atoms. The molecule has 2 saturated heterocycles. The van der Waals surface area contributed by atoms with Crippen molar-refractivity contribution < 1.29 is 78.7 Å². The van der Waals surface area contributed by atoms with Gasteiger partial charge in [0.15, 0.2) is 0 Å². The zero-order chi connectivity index (χ0) is 57.4. The molecule has 2 aliphatic rings. The van der Waals surface area contributed by atoms with E-state index in [4.69, 9.17) is 28.4 Å². The van der Waals surface area contributed by atoms with Gasteiger partial charge in [-0.05, 0) is 0 Å². The Balaban J connectivity index is 1.16. The van der Waals surface area contributed by atoms with Crippen LogP contribution in [0.4, 0.5) is 0 Å². The standard InChI is InChI=1S/2C31H32N2O6S.Hg/c2*1-20(31(37-2)38-3)26(30(36)39-27(22-15-9-5-10-16-22)23-17-11-6-12-18-23)33-28(35)25(29(33)40)32-24(34)19-21-13-7-4-8-14-21;/h2*4-18,25,27,29,31,40H,19H2,1-3H3,(H,32,34);/q;;+2/p-2/b2*26-20-;. The first-order chi connectivity index (χ1) is 39.4. The Bertz CT molecular complexity index is 2880. The number of β-lactam (4-membered cyclic amide) rings is 2. The molecule has 4 atom stereocenters. The average molecular weight is 1320 g/mol. The van der Waals surface area contributed by atoms with Crippen LogP contribution in [0.1, 0.15) is 59.4 Å². The number of carbonyl (C=O) groups excluding carboxylic acids is 6. The first-order valence-corrected chi connectivity index (χ1v) is 41.6. The molecule has 2 heterocycles. The maximum atomic E-state index is 15.1. The minimum atomic E-state index is -2.78. The molecule has 2 N–H and O–H groups in total. The van der Waals surface area contributed by atoms with Gasteiger partial charge in [0, 0.05) is 0 Å². The predicted octanol–water partition coefficient (Wildman–Crippen LogP) is 8.61. The Hall–Kier alpha value is -6.90. The second-order valence-electron chi connectivity index (χ2n) is 18.9. The topological polar surface area (TPSA) is 188 Å². The normalized spacial score (nSPS) is 17.4. The van der Waals surface area contributed by atoms with Crippen LogP contribution in [0.5, 0.6) is 0 Å². The summed E-state index contributed by atoms with van der Waals surface area (Å²) in [5, 5.41) is 4.14. The molecule has 81 heavy (non-hydrogen) atoms. The summed E-state index contributed by atoms with van der Waals surface area (Å²) in [5.41, 5.74) is 4.37. The van der Waals surface area contributed by atoms with Crippen LogP contribution in [0, 0.1) is 0 Å². The van der Waals surface area contributed by atoms with Crippen molar-refractivity contribution in [1.82, 2.24) is 20.4 Å². The molecule has 8 rings (SSSR count). The zero-order valence-electron chi connectivity index (χ0n) is 45.7. The molecule has 6 aromatic rings. The summed E-state index contributed by atoms with van der Waals surface area (Å²) in [6.07, 6.45) is -4.04. The molecule has 0 spiro atoms. The number of carbonyl (C=O) groups is 6. The van der Waals surface area contributed by atoms with E-state index in [-0.39, 0.29) is 35.4 Å². The molecule has 2 aliphatic heterocycles. The molecule has 0 radical (unpaired) electrons. The summed E-state index contributed by atoms with van der Waals surface area (Å²) in [6, 6.07) is 52.8. The number of rotatable bonds is 26. The Labute approximate surface area is 488 Å². The number of ether oxygens (including phenoxy) is 6. The summed E-state index contributed by atoms with van der Waals surface area (Å²) in [6.45, 7) is 3.24. The van der Waals surface area contributed by atoms with Gasteiger partial charge in [-0.2, -0.15) is 0 Å². The molecular weight excluding hydrogens is 1260 g/mol. The number of methoxy groups -OCH3 is 4. The van der Waals surface area contributed by atoms with Crippen molar-refractivity contribution in [2.24, 2.45) is 0 Å². The van der Waals surface area contributed by atoms with Crippen molar-refractivity contribution in [2.45, 2.75) is 74.3 Å². The van der Waals surface area contributed by atoms with Crippen LogP contribution in [0.3, 0.4) is 0 Å². The van der Waals surface area contributed by atoms with E-state index in [2.05, 4.69) is 10.6 Å². The summed E-state index contributed by atoms with van der Waals surface area (Å²) in [7, 11) is 8.45. The van der Waals surface area contributed by atoms with Crippen LogP contribution in [0.25, 0.3) is 0 Å². The molecule has 0 saturated carbocycles. The first kappa shape index (κ1) is 60.2. The van der Waals surface area contributed by atoms with E-state index in [0.717, 1.165) is 11.1 Å². The Kier molecular flexibility index (Phi) is 21.7. The monoisotopic (exact) mass is 1320 g/mol. The van der Waals surface area contributed by atoms with Crippen LogP contribution in [0.15, 0.2) is 205 Å². The number of esters is 2. The quantitative estimate of drug-likeness (QED) is 0.0173. The number of benzene rings is 6. The van der Waals surface area contributed by atoms with Gasteiger partial charge in [0.1, 0.15) is 0 Å². The fourth-order valence-electron chi connectivity index (χ4n) is 9.72. The van der Waals surface area contributed by atoms with Crippen molar-refractivity contribution in [1.29, 1.82) is 0 Å². The van der Waals surface area contributed by atoms with Gasteiger partial charge in [0.25, 0.3) is 0 Å². The van der Waals surface area contributed by atoms with E-state index in [9.17, 15) is 19.2 Å². The average Bonchev–Trinajstić information content (AvgIpc) is 3.51. The second kappa shape index (κ2) is 29.2. The van der Waals surface area contributed by atoms with E-state index >= 15 is 9.59 Å². The van der Waals surface area contributed by atoms with E-state index in [1.807, 2.05) is 182 Å². The molecule has 4 amide bonds. The van der Waals surface area contributed by atoms with Gasteiger partial charge in [0.05, 0.1) is 0 Å².